The van der Waals surface area contributed by atoms with Crippen molar-refractivity contribution < 1.29 is 4.79 Å². The minimum absolute atomic E-state index is 0.0283. The van der Waals surface area contributed by atoms with E-state index in [0.717, 1.165) is 24.5 Å². The third-order valence-corrected chi connectivity index (χ3v) is 4.88. The number of anilines is 1. The van der Waals surface area contributed by atoms with Gasteiger partial charge in [0.25, 0.3) is 5.91 Å². The van der Waals surface area contributed by atoms with Crippen LogP contribution < -0.4 is 4.90 Å². The summed E-state index contributed by atoms with van der Waals surface area (Å²) in [5, 5.41) is 8.73. The fourth-order valence-corrected chi connectivity index (χ4v) is 3.91. The van der Waals surface area contributed by atoms with Gasteiger partial charge in [-0.25, -0.2) is 0 Å². The molecule has 3 heterocycles. The molecule has 2 saturated heterocycles. The third kappa shape index (κ3) is 1.94. The second-order valence-corrected chi connectivity index (χ2v) is 6.31. The standard InChI is InChI=1S/C12H16N4OS/c1-15(2)11-4-3-10(13-14-11)12(17)16-6-9-5-8(16)7-18-9/h3-4,8-9H,5-7H2,1-2H3. The number of carbonyl (C=O) groups is 1. The Kier molecular flexibility index (Phi) is 2.89. The molecule has 1 aromatic rings. The number of hydrogen-bond donors (Lipinski definition) is 0. The maximum Gasteiger partial charge on any atom is 0.274 e. The van der Waals surface area contributed by atoms with Gasteiger partial charge in [-0.1, -0.05) is 0 Å². The molecule has 2 unspecified atom stereocenters. The van der Waals surface area contributed by atoms with E-state index in [1.54, 1.807) is 6.07 Å². The van der Waals surface area contributed by atoms with Crippen LogP contribution in [0.2, 0.25) is 0 Å². The minimum Gasteiger partial charge on any atom is -0.361 e. The molecule has 0 aliphatic carbocycles. The number of hydrogen-bond acceptors (Lipinski definition) is 5. The molecule has 5 nitrogen and oxygen atoms in total. The van der Waals surface area contributed by atoms with Crippen LogP contribution in [0, 0.1) is 0 Å². The van der Waals surface area contributed by atoms with Crippen molar-refractivity contribution in [2.45, 2.75) is 17.7 Å². The fraction of sp³-hybridized carbons (Fsp3) is 0.583. The van der Waals surface area contributed by atoms with Crippen LogP contribution >= 0.6 is 11.8 Å². The van der Waals surface area contributed by atoms with Gasteiger partial charge in [-0.15, -0.1) is 10.2 Å². The van der Waals surface area contributed by atoms with Crippen molar-refractivity contribution in [3.05, 3.63) is 17.8 Å². The van der Waals surface area contributed by atoms with Crippen molar-refractivity contribution in [1.82, 2.24) is 15.1 Å². The molecule has 3 rings (SSSR count). The van der Waals surface area contributed by atoms with E-state index < -0.39 is 0 Å². The quantitative estimate of drug-likeness (QED) is 0.793. The highest BCUT2D eigenvalue weighted by atomic mass is 32.2. The molecule has 0 N–H and O–H groups in total. The van der Waals surface area contributed by atoms with Gasteiger partial charge in [0.2, 0.25) is 0 Å². The van der Waals surface area contributed by atoms with Crippen LogP contribution in [-0.4, -0.2) is 58.7 Å². The second kappa shape index (κ2) is 4.42. The zero-order valence-electron chi connectivity index (χ0n) is 10.5. The van der Waals surface area contributed by atoms with Crippen LogP contribution in [0.4, 0.5) is 5.82 Å². The van der Waals surface area contributed by atoms with Crippen LogP contribution in [0.1, 0.15) is 16.9 Å². The smallest absolute Gasteiger partial charge is 0.274 e. The lowest BCUT2D eigenvalue weighted by Crippen LogP contribution is -2.39. The zero-order chi connectivity index (χ0) is 12.7. The molecule has 0 aromatic carbocycles. The van der Waals surface area contributed by atoms with E-state index in [-0.39, 0.29) is 5.91 Å². The lowest BCUT2D eigenvalue weighted by molar-refractivity contribution is 0.0740. The first-order valence-corrected chi connectivity index (χ1v) is 7.13. The number of fused-ring (bicyclic) bond motifs is 2. The largest absolute Gasteiger partial charge is 0.361 e. The number of carbonyl (C=O) groups excluding carboxylic acids is 1. The van der Waals surface area contributed by atoms with Gasteiger partial charge in [-0.3, -0.25) is 4.79 Å². The molecule has 2 aliphatic heterocycles. The third-order valence-electron chi connectivity index (χ3n) is 3.49. The van der Waals surface area contributed by atoms with E-state index in [1.165, 1.54) is 0 Å². The highest BCUT2D eigenvalue weighted by Gasteiger charge is 2.41. The molecule has 2 bridgehead atoms. The molecule has 2 aliphatic rings. The molecule has 0 saturated carbocycles. The summed E-state index contributed by atoms with van der Waals surface area (Å²) < 4.78 is 0. The highest BCUT2D eigenvalue weighted by Crippen LogP contribution is 2.37. The molecule has 1 amide bonds. The molecule has 0 spiro atoms. The summed E-state index contributed by atoms with van der Waals surface area (Å²) in [4.78, 5) is 16.1. The average molecular weight is 264 g/mol. The van der Waals surface area contributed by atoms with Crippen LogP contribution in [0.5, 0.6) is 0 Å². The maximum atomic E-state index is 12.3. The Morgan fingerprint density at radius 3 is 2.78 bits per heavy atom. The predicted molar refractivity (Wildman–Crippen MR) is 72.0 cm³/mol. The number of thioether (sulfide) groups is 1. The maximum absolute atomic E-state index is 12.3. The van der Waals surface area contributed by atoms with E-state index in [2.05, 4.69) is 10.2 Å². The molecule has 0 radical (unpaired) electrons. The summed E-state index contributed by atoms with van der Waals surface area (Å²) in [5.41, 5.74) is 0.457. The van der Waals surface area contributed by atoms with Gasteiger partial charge in [-0.2, -0.15) is 11.8 Å². The second-order valence-electron chi connectivity index (χ2n) is 4.97. The topological polar surface area (TPSA) is 49.3 Å². The van der Waals surface area contributed by atoms with Crippen molar-refractivity contribution in [2.24, 2.45) is 0 Å². The van der Waals surface area contributed by atoms with Gasteiger partial charge in [0.1, 0.15) is 0 Å². The van der Waals surface area contributed by atoms with E-state index in [9.17, 15) is 4.79 Å². The number of likely N-dealkylation sites (tertiary alicyclic amines) is 1. The first kappa shape index (κ1) is 11.8. The molecule has 1 aromatic heterocycles. The first-order valence-electron chi connectivity index (χ1n) is 6.09. The highest BCUT2D eigenvalue weighted by molar-refractivity contribution is 8.00. The average Bonchev–Trinajstić information content (AvgIpc) is 3.00. The Morgan fingerprint density at radius 1 is 1.44 bits per heavy atom. The lowest BCUT2D eigenvalue weighted by Gasteiger charge is -2.26. The number of amides is 1. The van der Waals surface area contributed by atoms with Gasteiger partial charge in [0, 0.05) is 37.7 Å². The normalized spacial score (nSPS) is 25.6. The first-order chi connectivity index (χ1) is 8.65. The molecule has 2 fully saturated rings. The minimum atomic E-state index is 0.0283. The molecule has 6 heteroatoms. The summed E-state index contributed by atoms with van der Waals surface area (Å²) in [6.45, 7) is 0.866. The Hall–Kier alpha value is -1.30. The van der Waals surface area contributed by atoms with Crippen LogP contribution in [0.3, 0.4) is 0 Å². The van der Waals surface area contributed by atoms with Crippen LogP contribution in [0.25, 0.3) is 0 Å². The van der Waals surface area contributed by atoms with Crippen molar-refractivity contribution in [1.29, 1.82) is 0 Å². The van der Waals surface area contributed by atoms with Gasteiger partial charge < -0.3 is 9.80 Å². The Morgan fingerprint density at radius 2 is 2.28 bits per heavy atom. The Bertz CT molecular complexity index is 462. The van der Waals surface area contributed by atoms with Crippen LogP contribution in [0.15, 0.2) is 12.1 Å². The summed E-state index contributed by atoms with van der Waals surface area (Å²) in [7, 11) is 3.81. The lowest BCUT2D eigenvalue weighted by atomic mass is 10.2. The van der Waals surface area contributed by atoms with Crippen molar-refractivity contribution in [3.8, 4) is 0 Å². The predicted octanol–water partition coefficient (Wildman–Crippen LogP) is 0.873. The van der Waals surface area contributed by atoms with E-state index >= 15 is 0 Å². The summed E-state index contributed by atoms with van der Waals surface area (Å²) in [6, 6.07) is 4.01. The summed E-state index contributed by atoms with van der Waals surface area (Å²) in [5.74, 6) is 1.87. The van der Waals surface area contributed by atoms with Crippen molar-refractivity contribution in [2.75, 3.05) is 31.3 Å². The molecule has 96 valence electrons. The summed E-state index contributed by atoms with van der Waals surface area (Å²) >= 11 is 1.98. The Labute approximate surface area is 111 Å². The molecule has 18 heavy (non-hydrogen) atoms. The summed E-state index contributed by atoms with van der Waals surface area (Å²) in [6.07, 6.45) is 1.14. The van der Waals surface area contributed by atoms with Gasteiger partial charge >= 0.3 is 0 Å². The van der Waals surface area contributed by atoms with Crippen LogP contribution in [-0.2, 0) is 0 Å². The molecular weight excluding hydrogens is 248 g/mol. The van der Waals surface area contributed by atoms with Crippen molar-refractivity contribution >= 4 is 23.5 Å². The Balaban J connectivity index is 1.76. The number of nitrogens with zero attached hydrogens (tertiary/aromatic N) is 4. The fourth-order valence-electron chi connectivity index (χ4n) is 2.47. The zero-order valence-corrected chi connectivity index (χ0v) is 11.4. The number of rotatable bonds is 2. The van der Waals surface area contributed by atoms with E-state index in [1.807, 2.05) is 41.7 Å². The van der Waals surface area contributed by atoms with E-state index in [0.29, 0.717) is 17.0 Å². The van der Waals surface area contributed by atoms with Gasteiger partial charge in [0.15, 0.2) is 11.5 Å². The monoisotopic (exact) mass is 264 g/mol. The van der Waals surface area contributed by atoms with Gasteiger partial charge in [-0.05, 0) is 18.6 Å². The molecular formula is C12H16N4OS. The number of aromatic nitrogens is 2. The SMILES string of the molecule is CN(C)c1ccc(C(=O)N2CC3CC2CS3)nn1. The van der Waals surface area contributed by atoms with Gasteiger partial charge in [0.05, 0.1) is 0 Å². The van der Waals surface area contributed by atoms with Crippen molar-refractivity contribution in [3.63, 3.8) is 0 Å². The molecule has 2 atom stereocenters. The van der Waals surface area contributed by atoms with E-state index in [4.69, 9.17) is 0 Å².